The van der Waals surface area contributed by atoms with Crippen molar-refractivity contribution in [2.75, 3.05) is 13.2 Å². The minimum Gasteiger partial charge on any atom is -0.485 e. The molecule has 0 fully saturated rings. The molecule has 0 heterocycles. The fourth-order valence-electron chi connectivity index (χ4n) is 0.765. The van der Waals surface area contributed by atoms with Crippen LogP contribution in [0.15, 0.2) is 12.3 Å². The molecular weight excluding hydrogens is 224 g/mol. The molecule has 1 unspecified atom stereocenters. The molecule has 5 heteroatoms. The highest BCUT2D eigenvalue weighted by atomic mass is 16.5. The van der Waals surface area contributed by atoms with Crippen molar-refractivity contribution >= 4 is 11.9 Å². The first kappa shape index (κ1) is 15.0. The molecule has 0 aromatic rings. The average molecular weight is 240 g/mol. The number of hydrogen-bond acceptors (Lipinski definition) is 5. The van der Waals surface area contributed by atoms with Crippen LogP contribution in [-0.4, -0.2) is 31.3 Å². The highest BCUT2D eigenvalue weighted by Crippen LogP contribution is 1.91. The number of rotatable bonds is 5. The third kappa shape index (κ3) is 9.00. The Hall–Kier alpha value is -1.96. The van der Waals surface area contributed by atoms with Crippen molar-refractivity contribution in [1.29, 1.82) is 0 Å². The van der Waals surface area contributed by atoms with Crippen LogP contribution in [0.1, 0.15) is 20.8 Å². The summed E-state index contributed by atoms with van der Waals surface area (Å²) < 4.78 is 14.3. The van der Waals surface area contributed by atoms with Crippen LogP contribution in [-0.2, 0) is 23.8 Å². The molecule has 17 heavy (non-hydrogen) atoms. The molecule has 0 spiro atoms. The van der Waals surface area contributed by atoms with Gasteiger partial charge < -0.3 is 14.2 Å². The summed E-state index contributed by atoms with van der Waals surface area (Å²) in [4.78, 5) is 21.7. The molecule has 1 atom stereocenters. The Bertz CT molecular complexity index is 335. The SMILES string of the molecule is CCOC(=O)C#CC(C)OC=CC(=O)OCC. The normalized spacial score (nSPS) is 11.2. The molecule has 94 valence electrons. The van der Waals surface area contributed by atoms with Crippen molar-refractivity contribution in [3.8, 4) is 11.8 Å². The first-order chi connectivity index (χ1) is 8.10. The van der Waals surface area contributed by atoms with Crippen LogP contribution in [0, 0.1) is 11.8 Å². The maximum atomic E-state index is 10.9. The molecule has 0 saturated heterocycles. The van der Waals surface area contributed by atoms with Gasteiger partial charge in [-0.05, 0) is 26.7 Å². The Kier molecular flexibility index (Phi) is 8.21. The minimum absolute atomic E-state index is 0.283. The zero-order valence-electron chi connectivity index (χ0n) is 10.2. The highest BCUT2D eigenvalue weighted by Gasteiger charge is 1.98. The number of carbonyl (C=O) groups excluding carboxylic acids is 2. The summed E-state index contributed by atoms with van der Waals surface area (Å²) in [6, 6.07) is 0. The van der Waals surface area contributed by atoms with E-state index in [9.17, 15) is 9.59 Å². The first-order valence-corrected chi connectivity index (χ1v) is 5.27. The lowest BCUT2D eigenvalue weighted by Gasteiger charge is -2.02. The minimum atomic E-state index is -0.600. The van der Waals surface area contributed by atoms with Gasteiger partial charge in [0.2, 0.25) is 0 Å². The topological polar surface area (TPSA) is 61.8 Å². The molecule has 0 amide bonds. The predicted octanol–water partition coefficient (Wildman–Crippen LogP) is 1.03. The summed E-state index contributed by atoms with van der Waals surface area (Å²) in [5.74, 6) is 3.70. The molecule has 0 rings (SSSR count). The zero-order chi connectivity index (χ0) is 13.1. The van der Waals surface area contributed by atoms with Crippen LogP contribution in [0.25, 0.3) is 0 Å². The zero-order valence-corrected chi connectivity index (χ0v) is 10.2. The third-order valence-electron chi connectivity index (χ3n) is 1.43. The molecule has 0 N–H and O–H groups in total. The van der Waals surface area contributed by atoms with E-state index in [0.717, 1.165) is 6.08 Å². The van der Waals surface area contributed by atoms with Gasteiger partial charge in [0.1, 0.15) is 0 Å². The van der Waals surface area contributed by atoms with Crippen LogP contribution in [0.3, 0.4) is 0 Å². The predicted molar refractivity (Wildman–Crippen MR) is 60.7 cm³/mol. The summed E-state index contributed by atoms with van der Waals surface area (Å²) in [5.41, 5.74) is 0. The Morgan fingerprint density at radius 1 is 1.24 bits per heavy atom. The maximum Gasteiger partial charge on any atom is 0.384 e. The van der Waals surface area contributed by atoms with E-state index in [4.69, 9.17) is 4.74 Å². The van der Waals surface area contributed by atoms with Crippen LogP contribution in [0.2, 0.25) is 0 Å². The summed E-state index contributed by atoms with van der Waals surface area (Å²) >= 11 is 0. The van der Waals surface area contributed by atoms with Gasteiger partial charge in [0.25, 0.3) is 0 Å². The van der Waals surface area contributed by atoms with Crippen molar-refractivity contribution in [3.05, 3.63) is 12.3 Å². The molecule has 0 aromatic heterocycles. The lowest BCUT2D eigenvalue weighted by Crippen LogP contribution is -2.05. The Balaban J connectivity index is 3.97. The third-order valence-corrected chi connectivity index (χ3v) is 1.43. The fourth-order valence-corrected chi connectivity index (χ4v) is 0.765. The average Bonchev–Trinajstić information content (AvgIpc) is 2.27. The van der Waals surface area contributed by atoms with Crippen molar-refractivity contribution in [3.63, 3.8) is 0 Å². The van der Waals surface area contributed by atoms with Gasteiger partial charge in [-0.15, -0.1) is 0 Å². The molecule has 5 nitrogen and oxygen atoms in total. The van der Waals surface area contributed by atoms with Gasteiger partial charge in [0.05, 0.1) is 25.6 Å². The largest absolute Gasteiger partial charge is 0.485 e. The fraction of sp³-hybridized carbons (Fsp3) is 0.500. The summed E-state index contributed by atoms with van der Waals surface area (Å²) in [6.45, 7) is 5.64. The molecule has 0 aliphatic heterocycles. The second kappa shape index (κ2) is 9.28. The molecule has 0 aliphatic rings. The number of esters is 2. The highest BCUT2D eigenvalue weighted by molar-refractivity contribution is 5.88. The second-order valence-electron chi connectivity index (χ2n) is 2.82. The van der Waals surface area contributed by atoms with Crippen LogP contribution < -0.4 is 0 Å². The van der Waals surface area contributed by atoms with E-state index in [2.05, 4.69) is 21.3 Å². The number of carbonyl (C=O) groups is 2. The van der Waals surface area contributed by atoms with Gasteiger partial charge in [-0.25, -0.2) is 9.59 Å². The number of hydrogen-bond donors (Lipinski definition) is 0. The van der Waals surface area contributed by atoms with Gasteiger partial charge in [0.15, 0.2) is 6.10 Å². The van der Waals surface area contributed by atoms with E-state index in [0.29, 0.717) is 6.61 Å². The van der Waals surface area contributed by atoms with Crippen LogP contribution in [0.4, 0.5) is 0 Å². The molecular formula is C12H16O5. The van der Waals surface area contributed by atoms with Gasteiger partial charge in [-0.1, -0.05) is 0 Å². The summed E-state index contributed by atoms with van der Waals surface area (Å²) in [7, 11) is 0. The molecule has 0 saturated carbocycles. The molecule has 0 aliphatic carbocycles. The monoisotopic (exact) mass is 240 g/mol. The smallest absolute Gasteiger partial charge is 0.384 e. The van der Waals surface area contributed by atoms with Gasteiger partial charge in [-0.3, -0.25) is 0 Å². The van der Waals surface area contributed by atoms with Crippen molar-refractivity contribution in [2.24, 2.45) is 0 Å². The van der Waals surface area contributed by atoms with E-state index >= 15 is 0 Å². The van der Waals surface area contributed by atoms with E-state index in [-0.39, 0.29) is 6.61 Å². The van der Waals surface area contributed by atoms with Gasteiger partial charge >= 0.3 is 11.9 Å². The Morgan fingerprint density at radius 2 is 1.88 bits per heavy atom. The quantitative estimate of drug-likeness (QED) is 0.236. The van der Waals surface area contributed by atoms with Crippen LogP contribution >= 0.6 is 0 Å². The van der Waals surface area contributed by atoms with Gasteiger partial charge in [0, 0.05) is 5.92 Å². The standard InChI is InChI=1S/C12H16O5/c1-4-15-11(13)7-6-10(3)17-9-8-12(14)16-5-2/h8-10H,4-5H2,1-3H3. The van der Waals surface area contributed by atoms with Gasteiger partial charge in [-0.2, -0.15) is 0 Å². The summed E-state index contributed by atoms with van der Waals surface area (Å²) in [5, 5.41) is 0. The molecule has 0 radical (unpaired) electrons. The second-order valence-corrected chi connectivity index (χ2v) is 2.82. The van der Waals surface area contributed by atoms with E-state index < -0.39 is 18.0 Å². The maximum absolute atomic E-state index is 10.9. The summed E-state index contributed by atoms with van der Waals surface area (Å²) in [6.07, 6.45) is 1.82. The number of ether oxygens (including phenoxy) is 3. The molecule has 0 bridgehead atoms. The van der Waals surface area contributed by atoms with E-state index in [1.54, 1.807) is 20.8 Å². The van der Waals surface area contributed by atoms with Crippen molar-refractivity contribution in [1.82, 2.24) is 0 Å². The Morgan fingerprint density at radius 3 is 2.47 bits per heavy atom. The van der Waals surface area contributed by atoms with E-state index in [1.807, 2.05) is 0 Å². The van der Waals surface area contributed by atoms with E-state index in [1.165, 1.54) is 6.26 Å². The lowest BCUT2D eigenvalue weighted by atomic mass is 10.4. The Labute approximate surface area is 101 Å². The lowest BCUT2D eigenvalue weighted by molar-refractivity contribution is -0.137. The first-order valence-electron chi connectivity index (χ1n) is 5.27. The molecule has 0 aromatic carbocycles. The van der Waals surface area contributed by atoms with Crippen molar-refractivity contribution in [2.45, 2.75) is 26.9 Å². The van der Waals surface area contributed by atoms with Crippen molar-refractivity contribution < 1.29 is 23.8 Å². The van der Waals surface area contributed by atoms with Crippen LogP contribution in [0.5, 0.6) is 0 Å².